The molecule has 1 aromatic carbocycles. The van der Waals surface area contributed by atoms with Crippen molar-refractivity contribution in [2.24, 2.45) is 0 Å². The second-order valence-corrected chi connectivity index (χ2v) is 4.17. The maximum Gasteiger partial charge on any atom is 0.0635 e. The molecule has 0 aromatic heterocycles. The molecule has 0 aliphatic carbocycles. The highest BCUT2D eigenvalue weighted by molar-refractivity contribution is 6.33. The van der Waals surface area contributed by atoms with Crippen molar-refractivity contribution in [2.75, 3.05) is 5.73 Å². The van der Waals surface area contributed by atoms with Gasteiger partial charge in [-0.05, 0) is 31.0 Å². The summed E-state index contributed by atoms with van der Waals surface area (Å²) in [7, 11) is 0. The highest BCUT2D eigenvalue weighted by atomic mass is 35.5. The van der Waals surface area contributed by atoms with Crippen molar-refractivity contribution < 1.29 is 0 Å². The first-order chi connectivity index (χ1) is 6.66. The molecule has 1 fully saturated rings. The Hall–Kier alpha value is -0.770. The molecule has 1 saturated heterocycles. The number of nitrogen functional groups attached to an aromatic ring is 1. The van der Waals surface area contributed by atoms with Gasteiger partial charge in [0.15, 0.2) is 0 Å². The van der Waals surface area contributed by atoms with Crippen molar-refractivity contribution in [1.82, 2.24) is 10.9 Å². The molecule has 4 heteroatoms. The van der Waals surface area contributed by atoms with Crippen molar-refractivity contribution in [2.45, 2.75) is 25.4 Å². The summed E-state index contributed by atoms with van der Waals surface area (Å²) in [6.07, 6.45) is 1.07. The molecule has 1 heterocycles. The van der Waals surface area contributed by atoms with Crippen LogP contribution in [0, 0.1) is 0 Å². The van der Waals surface area contributed by atoms with Crippen LogP contribution in [-0.2, 0) is 0 Å². The Kier molecular flexibility index (Phi) is 2.63. The van der Waals surface area contributed by atoms with Crippen molar-refractivity contribution in [3.63, 3.8) is 0 Å². The molecule has 3 nitrogen and oxygen atoms in total. The molecule has 2 unspecified atom stereocenters. The normalized spacial score (nSPS) is 26.7. The largest absolute Gasteiger partial charge is 0.398 e. The number of halogens is 1. The van der Waals surface area contributed by atoms with E-state index in [1.165, 1.54) is 5.56 Å². The van der Waals surface area contributed by atoms with Crippen molar-refractivity contribution in [3.8, 4) is 0 Å². The monoisotopic (exact) mass is 211 g/mol. The van der Waals surface area contributed by atoms with Gasteiger partial charge in [0, 0.05) is 12.1 Å². The lowest BCUT2D eigenvalue weighted by Gasteiger charge is -2.10. The number of hydrogen-bond donors (Lipinski definition) is 3. The maximum absolute atomic E-state index is 5.85. The number of hydrogen-bond acceptors (Lipinski definition) is 3. The standard InChI is InChI=1S/C10H14ClN3/c1-6-4-10(14-13-6)7-2-3-8(11)9(12)5-7/h2-3,5-6,10,13-14H,4,12H2,1H3. The predicted octanol–water partition coefficient (Wildman–Crippen LogP) is 1.85. The van der Waals surface area contributed by atoms with E-state index in [-0.39, 0.29) is 0 Å². The SMILES string of the molecule is CC1CC(c2ccc(Cl)c(N)c2)NN1. The van der Waals surface area contributed by atoms with Crippen LogP contribution in [0.4, 0.5) is 5.69 Å². The number of nitrogens with two attached hydrogens (primary N) is 1. The van der Waals surface area contributed by atoms with E-state index >= 15 is 0 Å². The third-order valence-electron chi connectivity index (χ3n) is 2.52. The van der Waals surface area contributed by atoms with Crippen LogP contribution in [0.2, 0.25) is 5.02 Å². The Balaban J connectivity index is 2.20. The van der Waals surface area contributed by atoms with E-state index in [4.69, 9.17) is 17.3 Å². The highest BCUT2D eigenvalue weighted by Crippen LogP contribution is 2.27. The zero-order valence-corrected chi connectivity index (χ0v) is 8.81. The van der Waals surface area contributed by atoms with Gasteiger partial charge in [0.1, 0.15) is 0 Å². The molecule has 1 aliphatic rings. The van der Waals surface area contributed by atoms with E-state index in [9.17, 15) is 0 Å². The molecule has 0 bridgehead atoms. The zero-order chi connectivity index (χ0) is 10.1. The molecular weight excluding hydrogens is 198 g/mol. The molecule has 2 atom stereocenters. The minimum absolute atomic E-state index is 0.338. The summed E-state index contributed by atoms with van der Waals surface area (Å²) in [5, 5.41) is 0.618. The number of hydrazine groups is 1. The van der Waals surface area contributed by atoms with Gasteiger partial charge in [0.25, 0.3) is 0 Å². The molecule has 76 valence electrons. The van der Waals surface area contributed by atoms with Gasteiger partial charge < -0.3 is 5.73 Å². The van der Waals surface area contributed by atoms with Gasteiger partial charge >= 0.3 is 0 Å². The second-order valence-electron chi connectivity index (χ2n) is 3.76. The van der Waals surface area contributed by atoms with Crippen LogP contribution >= 0.6 is 11.6 Å². The average Bonchev–Trinajstić information content (AvgIpc) is 2.57. The van der Waals surface area contributed by atoms with E-state index in [1.54, 1.807) is 0 Å². The molecule has 0 amide bonds. The molecule has 4 N–H and O–H groups in total. The topological polar surface area (TPSA) is 50.1 Å². The van der Waals surface area contributed by atoms with Crippen molar-refractivity contribution in [3.05, 3.63) is 28.8 Å². The molecule has 1 aromatic rings. The summed E-state index contributed by atoms with van der Waals surface area (Å²) < 4.78 is 0. The molecular formula is C10H14ClN3. The predicted molar refractivity (Wildman–Crippen MR) is 59.0 cm³/mol. The second kappa shape index (κ2) is 3.77. The Morgan fingerprint density at radius 1 is 1.43 bits per heavy atom. The summed E-state index contributed by atoms with van der Waals surface area (Å²) in [6, 6.07) is 6.62. The Morgan fingerprint density at radius 2 is 2.21 bits per heavy atom. The lowest BCUT2D eigenvalue weighted by atomic mass is 10.0. The van der Waals surface area contributed by atoms with E-state index < -0.39 is 0 Å². The molecule has 14 heavy (non-hydrogen) atoms. The fourth-order valence-corrected chi connectivity index (χ4v) is 1.83. The molecule has 0 spiro atoms. The van der Waals surface area contributed by atoms with Crippen LogP contribution in [-0.4, -0.2) is 6.04 Å². The Bertz CT molecular complexity index is 340. The first-order valence-corrected chi connectivity index (χ1v) is 5.10. The summed E-state index contributed by atoms with van der Waals surface area (Å²) in [5.41, 5.74) is 14.0. The smallest absolute Gasteiger partial charge is 0.0635 e. The van der Waals surface area contributed by atoms with Crippen LogP contribution in [0.25, 0.3) is 0 Å². The molecule has 1 aliphatic heterocycles. The van der Waals surface area contributed by atoms with Gasteiger partial charge in [-0.3, -0.25) is 10.9 Å². The first-order valence-electron chi connectivity index (χ1n) is 4.73. The lowest BCUT2D eigenvalue weighted by molar-refractivity contribution is 0.560. The van der Waals surface area contributed by atoms with Crippen LogP contribution < -0.4 is 16.6 Å². The summed E-state index contributed by atoms with van der Waals surface area (Å²) in [6.45, 7) is 2.15. The third kappa shape index (κ3) is 1.85. The van der Waals surface area contributed by atoms with Crippen molar-refractivity contribution >= 4 is 17.3 Å². The summed E-state index contributed by atoms with van der Waals surface area (Å²) in [5.74, 6) is 0. The van der Waals surface area contributed by atoms with Gasteiger partial charge in [0.2, 0.25) is 0 Å². The van der Waals surface area contributed by atoms with E-state index in [0.29, 0.717) is 22.8 Å². The van der Waals surface area contributed by atoms with E-state index in [2.05, 4.69) is 17.8 Å². The highest BCUT2D eigenvalue weighted by Gasteiger charge is 2.21. The van der Waals surface area contributed by atoms with Crippen LogP contribution in [0.3, 0.4) is 0 Å². The summed E-state index contributed by atoms with van der Waals surface area (Å²) in [4.78, 5) is 0. The molecule has 0 radical (unpaired) electrons. The maximum atomic E-state index is 5.85. The summed E-state index contributed by atoms with van der Waals surface area (Å²) >= 11 is 5.85. The quantitative estimate of drug-likeness (QED) is 0.622. The minimum Gasteiger partial charge on any atom is -0.398 e. The van der Waals surface area contributed by atoms with Crippen LogP contribution in [0.5, 0.6) is 0 Å². The Morgan fingerprint density at radius 3 is 2.79 bits per heavy atom. The Labute approximate surface area is 88.6 Å². The molecule has 0 saturated carbocycles. The average molecular weight is 212 g/mol. The number of nitrogens with one attached hydrogen (secondary N) is 2. The first kappa shape index (κ1) is 9.77. The number of benzene rings is 1. The molecule has 2 rings (SSSR count). The van der Waals surface area contributed by atoms with Gasteiger partial charge in [-0.25, -0.2) is 0 Å². The van der Waals surface area contributed by atoms with E-state index in [1.807, 2.05) is 18.2 Å². The fourth-order valence-electron chi connectivity index (χ4n) is 1.71. The number of rotatable bonds is 1. The van der Waals surface area contributed by atoms with Crippen LogP contribution in [0.1, 0.15) is 24.9 Å². The number of anilines is 1. The fraction of sp³-hybridized carbons (Fsp3) is 0.400. The van der Waals surface area contributed by atoms with Gasteiger partial charge in [-0.1, -0.05) is 17.7 Å². The van der Waals surface area contributed by atoms with E-state index in [0.717, 1.165) is 6.42 Å². The van der Waals surface area contributed by atoms with Crippen LogP contribution in [0.15, 0.2) is 18.2 Å². The van der Waals surface area contributed by atoms with Gasteiger partial charge in [-0.15, -0.1) is 0 Å². The lowest BCUT2D eigenvalue weighted by Crippen LogP contribution is -2.28. The third-order valence-corrected chi connectivity index (χ3v) is 2.86. The minimum atomic E-state index is 0.338. The zero-order valence-electron chi connectivity index (χ0n) is 8.05. The van der Waals surface area contributed by atoms with Gasteiger partial charge in [0.05, 0.1) is 10.7 Å². The van der Waals surface area contributed by atoms with Gasteiger partial charge in [-0.2, -0.15) is 0 Å². The van der Waals surface area contributed by atoms with Crippen molar-refractivity contribution in [1.29, 1.82) is 0 Å².